The molecular formula is C14H25N3O3S. The molecule has 0 aliphatic carbocycles. The first kappa shape index (κ1) is 16.5. The molecule has 1 aromatic heterocycles. The highest BCUT2D eigenvalue weighted by Crippen LogP contribution is 2.35. The van der Waals surface area contributed by atoms with Crippen LogP contribution < -0.4 is 0 Å². The summed E-state index contributed by atoms with van der Waals surface area (Å²) in [6.45, 7) is 2.99. The fraction of sp³-hybridized carbons (Fsp3) is 0.786. The molecule has 1 aromatic rings. The zero-order valence-electron chi connectivity index (χ0n) is 13.1. The fourth-order valence-electron chi connectivity index (χ4n) is 2.91. The van der Waals surface area contributed by atoms with Gasteiger partial charge in [0, 0.05) is 39.6 Å². The van der Waals surface area contributed by atoms with Gasteiger partial charge < -0.3 is 9.30 Å². The molecular weight excluding hydrogens is 290 g/mol. The molecule has 0 unspecified atom stereocenters. The lowest BCUT2D eigenvalue weighted by molar-refractivity contribution is -0.0592. The maximum atomic E-state index is 12.3. The molecule has 1 fully saturated rings. The SMILES string of the molecule is CCCCS(=O)(=O)N1CCC(OC)(c2nccn2C)CC1. The lowest BCUT2D eigenvalue weighted by Crippen LogP contribution is -2.47. The molecule has 21 heavy (non-hydrogen) atoms. The third kappa shape index (κ3) is 3.30. The average molecular weight is 315 g/mol. The van der Waals surface area contributed by atoms with Crippen molar-refractivity contribution in [3.8, 4) is 0 Å². The van der Waals surface area contributed by atoms with E-state index in [1.165, 1.54) is 0 Å². The molecule has 1 saturated heterocycles. The Morgan fingerprint density at radius 3 is 2.52 bits per heavy atom. The van der Waals surface area contributed by atoms with Gasteiger partial charge in [-0.15, -0.1) is 0 Å². The predicted octanol–water partition coefficient (Wildman–Crippen LogP) is 1.49. The number of hydrogen-bond acceptors (Lipinski definition) is 4. The number of sulfonamides is 1. The highest BCUT2D eigenvalue weighted by molar-refractivity contribution is 7.89. The van der Waals surface area contributed by atoms with Crippen molar-refractivity contribution in [2.24, 2.45) is 7.05 Å². The van der Waals surface area contributed by atoms with Crippen LogP contribution >= 0.6 is 0 Å². The number of rotatable bonds is 6. The summed E-state index contributed by atoms with van der Waals surface area (Å²) in [7, 11) is 0.482. The van der Waals surface area contributed by atoms with Crippen molar-refractivity contribution in [1.29, 1.82) is 0 Å². The van der Waals surface area contributed by atoms with Gasteiger partial charge >= 0.3 is 0 Å². The van der Waals surface area contributed by atoms with Crippen LogP contribution in [0.3, 0.4) is 0 Å². The summed E-state index contributed by atoms with van der Waals surface area (Å²) in [6.07, 6.45) is 6.52. The minimum Gasteiger partial charge on any atom is -0.370 e. The highest BCUT2D eigenvalue weighted by Gasteiger charge is 2.41. The van der Waals surface area contributed by atoms with Crippen LogP contribution in [-0.4, -0.2) is 48.2 Å². The van der Waals surface area contributed by atoms with E-state index in [1.807, 2.05) is 24.7 Å². The quantitative estimate of drug-likeness (QED) is 0.798. The van der Waals surface area contributed by atoms with E-state index in [9.17, 15) is 8.42 Å². The van der Waals surface area contributed by atoms with Crippen LogP contribution in [0.4, 0.5) is 0 Å². The van der Waals surface area contributed by atoms with E-state index in [1.54, 1.807) is 17.6 Å². The van der Waals surface area contributed by atoms with Crippen LogP contribution in [-0.2, 0) is 27.4 Å². The molecule has 2 heterocycles. The van der Waals surface area contributed by atoms with Gasteiger partial charge in [0.05, 0.1) is 5.75 Å². The highest BCUT2D eigenvalue weighted by atomic mass is 32.2. The average Bonchev–Trinajstić information content (AvgIpc) is 2.92. The molecule has 0 bridgehead atoms. The Morgan fingerprint density at radius 1 is 1.38 bits per heavy atom. The van der Waals surface area contributed by atoms with Gasteiger partial charge in [-0.1, -0.05) is 13.3 Å². The van der Waals surface area contributed by atoms with E-state index in [0.717, 1.165) is 12.2 Å². The monoisotopic (exact) mass is 315 g/mol. The van der Waals surface area contributed by atoms with E-state index in [4.69, 9.17) is 4.74 Å². The Kier molecular flexibility index (Phi) is 5.06. The molecule has 0 spiro atoms. The molecule has 0 radical (unpaired) electrons. The third-order valence-corrected chi connectivity index (χ3v) is 6.26. The number of ether oxygens (including phenoxy) is 1. The first-order chi connectivity index (χ1) is 9.95. The first-order valence-electron chi connectivity index (χ1n) is 7.46. The molecule has 1 aliphatic rings. The smallest absolute Gasteiger partial charge is 0.214 e. The van der Waals surface area contributed by atoms with Gasteiger partial charge in [0.2, 0.25) is 10.0 Å². The Morgan fingerprint density at radius 2 is 2.05 bits per heavy atom. The number of unbranched alkanes of at least 4 members (excludes halogenated alkanes) is 1. The molecule has 2 rings (SSSR count). The summed E-state index contributed by atoms with van der Waals surface area (Å²) in [5.74, 6) is 1.11. The second-order valence-electron chi connectivity index (χ2n) is 5.63. The lowest BCUT2D eigenvalue weighted by Gasteiger charge is -2.39. The molecule has 0 aromatic carbocycles. The third-order valence-electron chi connectivity index (χ3n) is 4.30. The van der Waals surface area contributed by atoms with Crippen molar-refractivity contribution in [2.45, 2.75) is 38.2 Å². The van der Waals surface area contributed by atoms with Crippen LogP contribution in [0.1, 0.15) is 38.4 Å². The minimum absolute atomic E-state index is 0.242. The number of aryl methyl sites for hydroxylation is 1. The predicted molar refractivity (Wildman–Crippen MR) is 81.4 cm³/mol. The fourth-order valence-corrected chi connectivity index (χ4v) is 4.56. The molecule has 1 aliphatic heterocycles. The number of methoxy groups -OCH3 is 1. The largest absolute Gasteiger partial charge is 0.370 e. The summed E-state index contributed by atoms with van der Waals surface area (Å²) in [6, 6.07) is 0. The van der Waals surface area contributed by atoms with E-state index in [0.29, 0.717) is 32.4 Å². The van der Waals surface area contributed by atoms with Crippen molar-refractivity contribution in [1.82, 2.24) is 13.9 Å². The van der Waals surface area contributed by atoms with Gasteiger partial charge in [-0.2, -0.15) is 0 Å². The summed E-state index contributed by atoms with van der Waals surface area (Å²) in [5, 5.41) is 0. The van der Waals surface area contributed by atoms with Crippen molar-refractivity contribution in [3.05, 3.63) is 18.2 Å². The molecule has 120 valence electrons. The Hall–Kier alpha value is -0.920. The molecule has 0 N–H and O–H groups in total. The number of hydrogen-bond donors (Lipinski definition) is 0. The van der Waals surface area contributed by atoms with Crippen LogP contribution in [0.2, 0.25) is 0 Å². The summed E-state index contributed by atoms with van der Waals surface area (Å²) in [4.78, 5) is 4.39. The van der Waals surface area contributed by atoms with Crippen LogP contribution in [0.15, 0.2) is 12.4 Å². The number of aromatic nitrogens is 2. The standard InChI is InChI=1S/C14H25N3O3S/c1-4-5-12-21(18,19)17-9-6-14(20-3,7-10-17)13-15-8-11-16(13)2/h8,11H,4-7,9-10,12H2,1-3H3. The van der Waals surface area contributed by atoms with Crippen LogP contribution in [0.5, 0.6) is 0 Å². The van der Waals surface area contributed by atoms with Gasteiger partial charge in [-0.25, -0.2) is 17.7 Å². The minimum atomic E-state index is -3.13. The van der Waals surface area contributed by atoms with E-state index < -0.39 is 15.6 Å². The molecule has 0 amide bonds. The van der Waals surface area contributed by atoms with Gasteiger partial charge in [0.1, 0.15) is 11.4 Å². The van der Waals surface area contributed by atoms with Crippen LogP contribution in [0, 0.1) is 0 Å². The van der Waals surface area contributed by atoms with Gasteiger partial charge in [0.15, 0.2) is 0 Å². The summed E-state index contributed by atoms with van der Waals surface area (Å²) < 4.78 is 33.8. The van der Waals surface area contributed by atoms with Crippen molar-refractivity contribution < 1.29 is 13.2 Å². The zero-order chi connectivity index (χ0) is 15.5. The number of imidazole rings is 1. The van der Waals surface area contributed by atoms with Crippen molar-refractivity contribution in [3.63, 3.8) is 0 Å². The Labute approximate surface area is 127 Å². The van der Waals surface area contributed by atoms with Crippen molar-refractivity contribution in [2.75, 3.05) is 26.0 Å². The van der Waals surface area contributed by atoms with Gasteiger partial charge in [-0.05, 0) is 19.3 Å². The normalized spacial score (nSPS) is 19.8. The number of nitrogens with zero attached hydrogens (tertiary/aromatic N) is 3. The molecule has 0 atom stereocenters. The maximum absolute atomic E-state index is 12.3. The second-order valence-corrected chi connectivity index (χ2v) is 7.72. The van der Waals surface area contributed by atoms with Crippen LogP contribution in [0.25, 0.3) is 0 Å². The van der Waals surface area contributed by atoms with E-state index in [2.05, 4.69) is 4.98 Å². The Bertz CT molecular complexity index is 560. The maximum Gasteiger partial charge on any atom is 0.214 e. The second kappa shape index (κ2) is 6.46. The molecule has 6 nitrogen and oxygen atoms in total. The van der Waals surface area contributed by atoms with E-state index in [-0.39, 0.29) is 5.75 Å². The number of piperidine rings is 1. The van der Waals surface area contributed by atoms with E-state index >= 15 is 0 Å². The lowest BCUT2D eigenvalue weighted by atomic mass is 9.91. The van der Waals surface area contributed by atoms with Gasteiger partial charge in [-0.3, -0.25) is 0 Å². The Balaban J connectivity index is 2.10. The summed E-state index contributed by atoms with van der Waals surface area (Å²) in [5.41, 5.74) is -0.477. The molecule has 7 heteroatoms. The molecule has 0 saturated carbocycles. The van der Waals surface area contributed by atoms with Gasteiger partial charge in [0.25, 0.3) is 0 Å². The zero-order valence-corrected chi connectivity index (χ0v) is 13.9. The topological polar surface area (TPSA) is 64.4 Å². The summed E-state index contributed by atoms with van der Waals surface area (Å²) >= 11 is 0. The first-order valence-corrected chi connectivity index (χ1v) is 9.07. The van der Waals surface area contributed by atoms with Crippen molar-refractivity contribution >= 4 is 10.0 Å².